The molecule has 0 fully saturated rings. The number of methoxy groups -OCH3 is 1. The van der Waals surface area contributed by atoms with Crippen molar-refractivity contribution in [2.24, 2.45) is 0 Å². The zero-order valence-corrected chi connectivity index (χ0v) is 12.4. The Morgan fingerprint density at radius 1 is 1.38 bits per heavy atom. The molecular formula is C11H11KO4. The van der Waals surface area contributed by atoms with Crippen molar-refractivity contribution in [3.8, 4) is 0 Å². The van der Waals surface area contributed by atoms with Crippen LogP contribution in [-0.2, 0) is 20.9 Å². The van der Waals surface area contributed by atoms with Gasteiger partial charge in [-0.3, -0.25) is 0 Å². The van der Waals surface area contributed by atoms with E-state index < -0.39 is 5.97 Å². The van der Waals surface area contributed by atoms with E-state index in [4.69, 9.17) is 4.74 Å². The minimum Gasteiger partial charge on any atom is -0.875 e. The number of benzene rings is 1. The first-order valence-corrected chi connectivity index (χ1v) is 4.35. The average Bonchev–Trinajstić information content (AvgIpc) is 2.31. The van der Waals surface area contributed by atoms with E-state index in [0.29, 0.717) is 6.26 Å². The molecule has 1 rings (SSSR count). The van der Waals surface area contributed by atoms with E-state index in [1.54, 1.807) is 0 Å². The second kappa shape index (κ2) is 8.78. The summed E-state index contributed by atoms with van der Waals surface area (Å²) in [5, 5.41) is 10.5. The fourth-order valence-electron chi connectivity index (χ4n) is 0.977. The molecule has 0 amide bonds. The van der Waals surface area contributed by atoms with Gasteiger partial charge in [-0.15, -0.1) is 0 Å². The van der Waals surface area contributed by atoms with Crippen LogP contribution in [0.4, 0.5) is 0 Å². The van der Waals surface area contributed by atoms with Crippen molar-refractivity contribution in [1.82, 2.24) is 0 Å². The van der Waals surface area contributed by atoms with Crippen molar-refractivity contribution in [3.05, 3.63) is 47.9 Å². The van der Waals surface area contributed by atoms with Gasteiger partial charge in [0.1, 0.15) is 6.61 Å². The van der Waals surface area contributed by atoms with Gasteiger partial charge in [0.05, 0.1) is 7.11 Å². The maximum Gasteiger partial charge on any atom is 1.00 e. The number of hydrogen-bond donors (Lipinski definition) is 0. The van der Waals surface area contributed by atoms with Crippen LogP contribution in [0.25, 0.3) is 0 Å². The Balaban J connectivity index is 0.00000225. The van der Waals surface area contributed by atoms with Crippen LogP contribution in [0, 0.1) is 0 Å². The predicted molar refractivity (Wildman–Crippen MR) is 51.3 cm³/mol. The second-order valence-electron chi connectivity index (χ2n) is 2.75. The molecular weight excluding hydrogens is 235 g/mol. The molecule has 1 aromatic carbocycles. The van der Waals surface area contributed by atoms with E-state index in [2.05, 4.69) is 4.74 Å². The minimum absolute atomic E-state index is 0. The first kappa shape index (κ1) is 15.7. The predicted octanol–water partition coefficient (Wildman–Crippen LogP) is -2.42. The van der Waals surface area contributed by atoms with Crippen LogP contribution in [-0.4, -0.2) is 13.1 Å². The maximum absolute atomic E-state index is 10.9. The van der Waals surface area contributed by atoms with E-state index in [1.165, 1.54) is 7.11 Å². The molecule has 0 unspecified atom stereocenters. The van der Waals surface area contributed by atoms with E-state index in [0.717, 1.165) is 5.56 Å². The van der Waals surface area contributed by atoms with E-state index in [1.807, 2.05) is 30.3 Å². The standard InChI is InChI=1S/C11H12O4.K/c1-14-11(13)10(7-12)15-8-9-5-3-2-4-6-9;/h2-7,12H,8H2,1H3;/q;+1/p-1/b10-7+;. The minimum atomic E-state index is -0.763. The fourth-order valence-corrected chi connectivity index (χ4v) is 0.977. The van der Waals surface area contributed by atoms with Crippen molar-refractivity contribution in [2.75, 3.05) is 7.11 Å². The molecule has 0 saturated carbocycles. The third-order valence-electron chi connectivity index (χ3n) is 1.73. The molecule has 0 aliphatic rings. The van der Waals surface area contributed by atoms with Gasteiger partial charge in [-0.25, -0.2) is 4.79 Å². The topological polar surface area (TPSA) is 58.6 Å². The van der Waals surface area contributed by atoms with Crippen molar-refractivity contribution in [3.63, 3.8) is 0 Å². The van der Waals surface area contributed by atoms with Gasteiger partial charge in [-0.2, -0.15) is 0 Å². The van der Waals surface area contributed by atoms with E-state index in [9.17, 15) is 9.90 Å². The summed E-state index contributed by atoms with van der Waals surface area (Å²) in [5.74, 6) is -1.08. The first-order valence-electron chi connectivity index (χ1n) is 4.35. The van der Waals surface area contributed by atoms with Crippen LogP contribution in [0.1, 0.15) is 5.56 Å². The van der Waals surface area contributed by atoms with Crippen LogP contribution in [0.2, 0.25) is 0 Å². The Kier molecular flexibility index (Phi) is 8.59. The van der Waals surface area contributed by atoms with E-state index >= 15 is 0 Å². The Labute approximate surface area is 137 Å². The summed E-state index contributed by atoms with van der Waals surface area (Å²) in [7, 11) is 1.19. The third kappa shape index (κ3) is 5.13. The smallest absolute Gasteiger partial charge is 0.875 e. The molecule has 1 aromatic rings. The summed E-state index contributed by atoms with van der Waals surface area (Å²) in [5.41, 5.74) is 0.876. The summed E-state index contributed by atoms with van der Waals surface area (Å²) >= 11 is 0. The molecule has 0 aromatic heterocycles. The summed E-state index contributed by atoms with van der Waals surface area (Å²) < 4.78 is 9.36. The van der Waals surface area contributed by atoms with Crippen molar-refractivity contribution < 1.29 is 70.8 Å². The normalized spacial score (nSPS) is 10.2. The Hall–Kier alpha value is -0.334. The van der Waals surface area contributed by atoms with Gasteiger partial charge in [0.25, 0.3) is 0 Å². The summed E-state index contributed by atoms with van der Waals surface area (Å²) in [4.78, 5) is 10.9. The van der Waals surface area contributed by atoms with Crippen LogP contribution in [0.3, 0.4) is 0 Å². The van der Waals surface area contributed by atoms with Gasteiger partial charge in [0, 0.05) is 0 Å². The molecule has 0 spiro atoms. The van der Waals surface area contributed by atoms with Crippen LogP contribution in [0.15, 0.2) is 42.4 Å². The van der Waals surface area contributed by atoms with Gasteiger partial charge in [0.15, 0.2) is 5.76 Å². The molecule has 0 N–H and O–H groups in total. The number of carbonyl (C=O) groups is 1. The molecule has 4 nitrogen and oxygen atoms in total. The quantitative estimate of drug-likeness (QED) is 0.257. The van der Waals surface area contributed by atoms with Crippen LogP contribution >= 0.6 is 0 Å². The Morgan fingerprint density at radius 2 is 2.00 bits per heavy atom. The molecule has 80 valence electrons. The summed E-state index contributed by atoms with van der Waals surface area (Å²) in [6.07, 6.45) is 0.342. The molecule has 16 heavy (non-hydrogen) atoms. The Bertz CT molecular complexity index is 348. The first-order chi connectivity index (χ1) is 7.27. The molecule has 0 heterocycles. The average molecular weight is 246 g/mol. The molecule has 0 bridgehead atoms. The van der Waals surface area contributed by atoms with E-state index in [-0.39, 0.29) is 63.8 Å². The SMILES string of the molecule is COC(=O)/C(=C\[O-])OCc1ccccc1.[K+]. The molecule has 5 heteroatoms. The molecule has 0 aliphatic carbocycles. The Morgan fingerprint density at radius 3 is 2.50 bits per heavy atom. The van der Waals surface area contributed by atoms with Gasteiger partial charge in [0.2, 0.25) is 0 Å². The number of ether oxygens (including phenoxy) is 2. The van der Waals surface area contributed by atoms with Crippen LogP contribution in [0.5, 0.6) is 0 Å². The van der Waals surface area contributed by atoms with Crippen LogP contribution < -0.4 is 56.5 Å². The fraction of sp³-hybridized carbons (Fsp3) is 0.182. The molecule has 0 radical (unpaired) electrons. The summed E-state index contributed by atoms with van der Waals surface area (Å²) in [6, 6.07) is 9.22. The zero-order chi connectivity index (χ0) is 11.1. The number of esters is 1. The van der Waals surface area contributed by atoms with Crippen molar-refractivity contribution in [1.29, 1.82) is 0 Å². The monoisotopic (exact) mass is 246 g/mol. The number of hydrogen-bond acceptors (Lipinski definition) is 4. The summed E-state index contributed by atoms with van der Waals surface area (Å²) in [6.45, 7) is 0.171. The van der Waals surface area contributed by atoms with Gasteiger partial charge in [-0.1, -0.05) is 36.6 Å². The maximum atomic E-state index is 10.9. The molecule has 0 atom stereocenters. The van der Waals surface area contributed by atoms with Gasteiger partial charge < -0.3 is 14.6 Å². The van der Waals surface area contributed by atoms with Crippen molar-refractivity contribution in [2.45, 2.75) is 6.61 Å². The van der Waals surface area contributed by atoms with Crippen molar-refractivity contribution >= 4 is 5.97 Å². The molecule has 0 saturated heterocycles. The zero-order valence-electron chi connectivity index (χ0n) is 9.30. The van der Waals surface area contributed by atoms with Gasteiger partial charge >= 0.3 is 57.4 Å². The largest absolute Gasteiger partial charge is 1.00 e. The number of rotatable bonds is 4. The third-order valence-corrected chi connectivity index (χ3v) is 1.73. The number of carbonyl (C=O) groups excluding carboxylic acids is 1. The second-order valence-corrected chi connectivity index (χ2v) is 2.75. The van der Waals surface area contributed by atoms with Gasteiger partial charge in [-0.05, 0) is 5.56 Å². The molecule has 0 aliphatic heterocycles.